The van der Waals surface area contributed by atoms with E-state index in [1.165, 1.54) is 0 Å². The molecule has 0 radical (unpaired) electrons. The van der Waals surface area contributed by atoms with E-state index in [0.29, 0.717) is 40.9 Å². The first-order valence-electron chi connectivity index (χ1n) is 10.6. The van der Waals surface area contributed by atoms with Gasteiger partial charge in [-0.05, 0) is 43.7 Å². The lowest BCUT2D eigenvalue weighted by molar-refractivity contribution is 0.128. The number of aliphatic hydroxyl groups is 1. The van der Waals surface area contributed by atoms with Crippen molar-refractivity contribution in [2.45, 2.75) is 38.8 Å². The van der Waals surface area contributed by atoms with Crippen LogP contribution < -0.4 is 10.6 Å². The molecular formula is C22H28ClN5O2S. The highest BCUT2D eigenvalue weighted by Gasteiger charge is 2.32. The lowest BCUT2D eigenvalue weighted by atomic mass is 10.1. The van der Waals surface area contributed by atoms with Gasteiger partial charge in [0.25, 0.3) is 0 Å². The molecule has 31 heavy (non-hydrogen) atoms. The van der Waals surface area contributed by atoms with Gasteiger partial charge in [-0.25, -0.2) is 9.97 Å². The maximum absolute atomic E-state index is 9.61. The van der Waals surface area contributed by atoms with Crippen molar-refractivity contribution in [1.29, 1.82) is 0 Å². The predicted molar refractivity (Wildman–Crippen MR) is 127 cm³/mol. The molecule has 1 aliphatic carbocycles. The van der Waals surface area contributed by atoms with Gasteiger partial charge < -0.3 is 20.5 Å². The summed E-state index contributed by atoms with van der Waals surface area (Å²) in [6, 6.07) is 8.21. The zero-order chi connectivity index (χ0) is 22.0. The zero-order valence-electron chi connectivity index (χ0n) is 17.9. The quantitative estimate of drug-likeness (QED) is 0.419. The van der Waals surface area contributed by atoms with Gasteiger partial charge in [0.1, 0.15) is 16.0 Å². The molecule has 3 N–H and O–H groups in total. The predicted octanol–water partition coefficient (Wildman–Crippen LogP) is 4.67. The topological polar surface area (TPSA) is 92.2 Å². The summed E-state index contributed by atoms with van der Waals surface area (Å²) in [7, 11) is 1.67. The van der Waals surface area contributed by atoms with Crippen LogP contribution in [-0.4, -0.2) is 52.5 Å². The van der Waals surface area contributed by atoms with Gasteiger partial charge in [0.2, 0.25) is 5.95 Å². The Bertz CT molecular complexity index is 1010. The Kier molecular flexibility index (Phi) is 6.91. The second-order valence-electron chi connectivity index (χ2n) is 8.22. The van der Waals surface area contributed by atoms with Crippen molar-refractivity contribution in [3.05, 3.63) is 29.4 Å². The molecule has 0 amide bonds. The van der Waals surface area contributed by atoms with Crippen molar-refractivity contribution >= 4 is 44.9 Å². The number of halogens is 1. The summed E-state index contributed by atoms with van der Waals surface area (Å²) < 4.78 is 6.39. The van der Waals surface area contributed by atoms with Crippen LogP contribution in [0.5, 0.6) is 0 Å². The third-order valence-electron chi connectivity index (χ3n) is 5.88. The fraction of sp³-hybridized carbons (Fsp3) is 0.500. The second-order valence-corrected chi connectivity index (χ2v) is 9.61. The average molecular weight is 462 g/mol. The van der Waals surface area contributed by atoms with Crippen molar-refractivity contribution in [3.63, 3.8) is 0 Å². The normalized spacial score (nSPS) is 22.0. The molecule has 1 aliphatic rings. The monoisotopic (exact) mass is 461 g/mol. The van der Waals surface area contributed by atoms with E-state index >= 15 is 0 Å². The third-order valence-corrected chi connectivity index (χ3v) is 7.21. The highest BCUT2D eigenvalue weighted by Crippen LogP contribution is 2.40. The van der Waals surface area contributed by atoms with Crippen LogP contribution in [0.3, 0.4) is 0 Å². The van der Waals surface area contributed by atoms with E-state index in [4.69, 9.17) is 26.3 Å². The average Bonchev–Trinajstić information content (AvgIpc) is 3.34. The van der Waals surface area contributed by atoms with E-state index in [-0.39, 0.29) is 18.8 Å². The summed E-state index contributed by atoms with van der Waals surface area (Å²) in [5.41, 5.74) is 1.64. The van der Waals surface area contributed by atoms with E-state index < -0.39 is 0 Å². The lowest BCUT2D eigenvalue weighted by Crippen LogP contribution is -2.24. The zero-order valence-corrected chi connectivity index (χ0v) is 19.5. The van der Waals surface area contributed by atoms with Crippen molar-refractivity contribution in [1.82, 2.24) is 15.0 Å². The van der Waals surface area contributed by atoms with Crippen LogP contribution in [0.25, 0.3) is 20.8 Å². The number of anilines is 2. The molecule has 3 aromatic rings. The molecule has 0 aliphatic heterocycles. The minimum Gasteiger partial charge on any atom is -0.396 e. The Morgan fingerprint density at radius 1 is 1.26 bits per heavy atom. The molecule has 2 heterocycles. The van der Waals surface area contributed by atoms with Gasteiger partial charge >= 0.3 is 0 Å². The van der Waals surface area contributed by atoms with E-state index in [0.717, 1.165) is 28.1 Å². The van der Waals surface area contributed by atoms with Crippen LogP contribution in [-0.2, 0) is 4.74 Å². The Morgan fingerprint density at radius 2 is 2.06 bits per heavy atom. The van der Waals surface area contributed by atoms with Crippen molar-refractivity contribution in [2.24, 2.45) is 11.8 Å². The van der Waals surface area contributed by atoms with Crippen LogP contribution in [0, 0.1) is 11.8 Å². The van der Waals surface area contributed by atoms with Crippen molar-refractivity contribution in [3.8, 4) is 10.6 Å². The number of fused-ring (bicyclic) bond motifs is 1. The largest absolute Gasteiger partial charge is 0.396 e. The molecule has 0 unspecified atom stereocenters. The van der Waals surface area contributed by atoms with Crippen molar-refractivity contribution in [2.75, 3.05) is 30.9 Å². The third kappa shape index (κ3) is 4.92. The van der Waals surface area contributed by atoms with Crippen LogP contribution in [0.1, 0.15) is 26.7 Å². The highest BCUT2D eigenvalue weighted by atomic mass is 35.5. The van der Waals surface area contributed by atoms with Crippen LogP contribution in [0.2, 0.25) is 5.15 Å². The number of nitrogens with zero attached hydrogens (tertiary/aromatic N) is 3. The molecule has 0 saturated heterocycles. The lowest BCUT2D eigenvalue weighted by Gasteiger charge is -2.21. The molecule has 4 rings (SSSR count). The number of ether oxygens (including phenoxy) is 1. The number of methoxy groups -OCH3 is 1. The molecule has 1 aromatic carbocycles. The Labute approximate surface area is 191 Å². The first-order chi connectivity index (χ1) is 15.0. The number of hydrogen-bond acceptors (Lipinski definition) is 8. The van der Waals surface area contributed by atoms with Crippen LogP contribution >= 0.6 is 22.9 Å². The molecule has 1 fully saturated rings. The van der Waals surface area contributed by atoms with Crippen LogP contribution in [0.15, 0.2) is 24.3 Å². The minimum atomic E-state index is 0.0166. The molecule has 1 saturated carbocycles. The molecule has 0 bridgehead atoms. The molecule has 9 heteroatoms. The Balaban J connectivity index is 1.71. The van der Waals surface area contributed by atoms with Gasteiger partial charge in [0.05, 0.1) is 21.9 Å². The molecular weight excluding hydrogens is 434 g/mol. The minimum absolute atomic E-state index is 0.0166. The first kappa shape index (κ1) is 22.2. The number of nitrogens with one attached hydrogen (secondary N) is 2. The number of benzene rings is 1. The van der Waals surface area contributed by atoms with Gasteiger partial charge in [0.15, 0.2) is 0 Å². The van der Waals surface area contributed by atoms with E-state index in [1.54, 1.807) is 18.4 Å². The summed E-state index contributed by atoms with van der Waals surface area (Å²) in [5.74, 6) is 1.84. The van der Waals surface area contributed by atoms with Gasteiger partial charge in [-0.15, -0.1) is 11.3 Å². The Hall–Kier alpha value is -2.00. The number of aliphatic hydroxyl groups excluding tert-OH is 1. The molecule has 166 valence electrons. The summed E-state index contributed by atoms with van der Waals surface area (Å²) in [4.78, 5) is 14.0. The summed E-state index contributed by atoms with van der Waals surface area (Å²) in [6.07, 6.45) is 1.89. The number of rotatable bonds is 8. The van der Waals surface area contributed by atoms with E-state index in [2.05, 4.69) is 22.5 Å². The van der Waals surface area contributed by atoms with Gasteiger partial charge in [0, 0.05) is 26.3 Å². The van der Waals surface area contributed by atoms with Crippen molar-refractivity contribution < 1.29 is 9.84 Å². The number of hydrogen-bond donors (Lipinski definition) is 3. The maximum Gasteiger partial charge on any atom is 0.226 e. The number of para-hydroxylation sites is 1. The van der Waals surface area contributed by atoms with Gasteiger partial charge in [-0.2, -0.15) is 4.98 Å². The summed E-state index contributed by atoms with van der Waals surface area (Å²) in [6.45, 7) is 4.95. The maximum atomic E-state index is 9.61. The first-order valence-corrected chi connectivity index (χ1v) is 11.8. The fourth-order valence-corrected chi connectivity index (χ4v) is 5.34. The summed E-state index contributed by atoms with van der Waals surface area (Å²) in [5, 5.41) is 17.6. The number of thiazole rings is 1. The van der Waals surface area contributed by atoms with Gasteiger partial charge in [-0.1, -0.05) is 30.7 Å². The summed E-state index contributed by atoms with van der Waals surface area (Å²) >= 11 is 8.26. The van der Waals surface area contributed by atoms with Crippen LogP contribution in [0.4, 0.5) is 11.8 Å². The fourth-order valence-electron chi connectivity index (χ4n) is 4.01. The smallest absolute Gasteiger partial charge is 0.226 e. The Morgan fingerprint density at radius 3 is 2.77 bits per heavy atom. The second kappa shape index (κ2) is 9.65. The van der Waals surface area contributed by atoms with E-state index in [1.807, 2.05) is 31.2 Å². The number of aromatic nitrogens is 3. The molecule has 2 aromatic heterocycles. The highest BCUT2D eigenvalue weighted by molar-refractivity contribution is 7.21. The molecule has 0 spiro atoms. The SMILES string of the molecule is CO[C@@H](C)CNc1nc(Cl)c(-c2nc3ccccc3s2)c(N[C@@H]2C[C@H](CO)C[C@H]2C)n1. The van der Waals surface area contributed by atoms with Gasteiger partial charge in [-0.3, -0.25) is 0 Å². The molecule has 7 nitrogen and oxygen atoms in total. The molecule has 4 atom stereocenters. The van der Waals surface area contributed by atoms with E-state index in [9.17, 15) is 5.11 Å². The standard InChI is InChI=1S/C22H28ClN5O2S/c1-12-8-14(11-29)9-16(12)25-20-18(21-26-15-6-4-5-7-17(15)31-21)19(23)27-22(28-20)24-10-13(2)30-3/h4-7,12-14,16,29H,8-11H2,1-3H3,(H2,24,25,27,28)/t12-,13+,14-,16-/m1/s1.